The Morgan fingerprint density at radius 2 is 1.78 bits per heavy atom. The Morgan fingerprint density at radius 1 is 1.04 bits per heavy atom. The largest absolute Gasteiger partial charge is 0.421 e. The summed E-state index contributed by atoms with van der Waals surface area (Å²) >= 11 is 0. The number of para-hydroxylation sites is 1. The van der Waals surface area contributed by atoms with Crippen molar-refractivity contribution in [2.24, 2.45) is 0 Å². The van der Waals surface area contributed by atoms with Crippen LogP contribution in [-0.4, -0.2) is 16.1 Å². The van der Waals surface area contributed by atoms with Crippen LogP contribution in [0, 0.1) is 5.82 Å². The molecule has 1 N–H and O–H groups in total. The fourth-order valence-electron chi connectivity index (χ4n) is 2.05. The minimum absolute atomic E-state index is 0.130. The minimum Gasteiger partial charge on any atom is -0.421 e. The molecule has 1 heterocycles. The quantitative estimate of drug-likeness (QED) is 0.783. The van der Waals surface area contributed by atoms with Gasteiger partial charge in [-0.2, -0.15) is 0 Å². The number of aryl methyl sites for hydroxylation is 1. The van der Waals surface area contributed by atoms with Crippen molar-refractivity contribution in [2.45, 2.75) is 12.8 Å². The molecular weight excluding hydrogens is 297 g/mol. The average Bonchev–Trinajstić information content (AvgIpc) is 3.05. The van der Waals surface area contributed by atoms with Gasteiger partial charge in [0.05, 0.1) is 5.69 Å². The molecular formula is C17H14FN3O2. The summed E-state index contributed by atoms with van der Waals surface area (Å²) in [5.41, 5.74) is 0.982. The first-order chi connectivity index (χ1) is 11.2. The highest BCUT2D eigenvalue weighted by Gasteiger charge is 2.11. The molecule has 1 aromatic heterocycles. The Hall–Kier alpha value is -3.02. The van der Waals surface area contributed by atoms with Crippen molar-refractivity contribution < 1.29 is 13.6 Å². The fraction of sp³-hybridized carbons (Fsp3) is 0.118. The van der Waals surface area contributed by atoms with E-state index < -0.39 is 5.82 Å². The second kappa shape index (κ2) is 6.83. The smallest absolute Gasteiger partial charge is 0.247 e. The van der Waals surface area contributed by atoms with Crippen LogP contribution >= 0.6 is 0 Å². The van der Waals surface area contributed by atoms with Crippen molar-refractivity contribution in [3.63, 3.8) is 0 Å². The summed E-state index contributed by atoms with van der Waals surface area (Å²) in [4.78, 5) is 11.8. The molecule has 1 amide bonds. The predicted molar refractivity (Wildman–Crippen MR) is 83.1 cm³/mol. The van der Waals surface area contributed by atoms with Gasteiger partial charge < -0.3 is 9.73 Å². The summed E-state index contributed by atoms with van der Waals surface area (Å²) in [6, 6.07) is 15.4. The van der Waals surface area contributed by atoms with Crippen LogP contribution in [0.3, 0.4) is 0 Å². The van der Waals surface area contributed by atoms with Crippen molar-refractivity contribution in [1.29, 1.82) is 0 Å². The Morgan fingerprint density at radius 3 is 2.57 bits per heavy atom. The number of hydrogen-bond acceptors (Lipinski definition) is 4. The number of halogens is 1. The zero-order chi connectivity index (χ0) is 16.1. The highest BCUT2D eigenvalue weighted by Crippen LogP contribution is 2.18. The number of nitrogens with zero attached hydrogens (tertiary/aromatic N) is 2. The van der Waals surface area contributed by atoms with Crippen LogP contribution in [0.25, 0.3) is 11.5 Å². The maximum absolute atomic E-state index is 13.4. The Labute approximate surface area is 132 Å². The van der Waals surface area contributed by atoms with E-state index in [0.29, 0.717) is 18.2 Å². The molecule has 2 aromatic carbocycles. The summed E-state index contributed by atoms with van der Waals surface area (Å²) < 4.78 is 19.0. The first kappa shape index (κ1) is 14.9. The van der Waals surface area contributed by atoms with Gasteiger partial charge in [-0.15, -0.1) is 10.2 Å². The van der Waals surface area contributed by atoms with Crippen LogP contribution in [-0.2, 0) is 11.2 Å². The number of anilines is 1. The topological polar surface area (TPSA) is 68.0 Å². The molecule has 0 saturated heterocycles. The molecule has 0 bridgehead atoms. The molecule has 0 aliphatic heterocycles. The summed E-state index contributed by atoms with van der Waals surface area (Å²) in [5, 5.41) is 10.4. The molecule has 0 radical (unpaired) electrons. The molecule has 0 aliphatic rings. The molecule has 0 spiro atoms. The van der Waals surface area contributed by atoms with Gasteiger partial charge >= 0.3 is 0 Å². The van der Waals surface area contributed by atoms with Crippen molar-refractivity contribution in [3.8, 4) is 11.5 Å². The highest BCUT2D eigenvalue weighted by atomic mass is 19.1. The van der Waals surface area contributed by atoms with Crippen LogP contribution in [0.2, 0.25) is 0 Å². The molecule has 0 fully saturated rings. The molecule has 5 nitrogen and oxygen atoms in total. The van der Waals surface area contributed by atoms with Crippen LogP contribution in [0.1, 0.15) is 12.3 Å². The van der Waals surface area contributed by atoms with Gasteiger partial charge in [-0.25, -0.2) is 4.39 Å². The highest BCUT2D eigenvalue weighted by molar-refractivity contribution is 5.90. The normalized spacial score (nSPS) is 10.5. The van der Waals surface area contributed by atoms with Gasteiger partial charge in [0.15, 0.2) is 0 Å². The Kier molecular flexibility index (Phi) is 4.42. The number of benzene rings is 2. The summed E-state index contributed by atoms with van der Waals surface area (Å²) in [5.74, 6) is 0.00205. The number of nitrogens with one attached hydrogen (secondary N) is 1. The fourth-order valence-corrected chi connectivity index (χ4v) is 2.05. The zero-order valence-corrected chi connectivity index (χ0v) is 12.2. The number of carbonyl (C=O) groups is 1. The Balaban J connectivity index is 1.58. The lowest BCUT2D eigenvalue weighted by atomic mass is 10.2. The van der Waals surface area contributed by atoms with Crippen LogP contribution in [0.4, 0.5) is 10.1 Å². The summed E-state index contributed by atoms with van der Waals surface area (Å²) in [6.45, 7) is 0. The molecule has 3 rings (SSSR count). The molecule has 6 heteroatoms. The maximum Gasteiger partial charge on any atom is 0.247 e. The van der Waals surface area contributed by atoms with Crippen molar-refractivity contribution in [2.75, 3.05) is 5.32 Å². The molecule has 116 valence electrons. The minimum atomic E-state index is -0.468. The number of aromatic nitrogens is 2. The maximum atomic E-state index is 13.4. The second-order valence-corrected chi connectivity index (χ2v) is 4.90. The van der Waals surface area contributed by atoms with E-state index in [1.807, 2.05) is 30.3 Å². The summed E-state index contributed by atoms with van der Waals surface area (Å²) in [6.07, 6.45) is 0.422. The number of hydrogen-bond donors (Lipinski definition) is 1. The third kappa shape index (κ3) is 3.79. The lowest BCUT2D eigenvalue weighted by Crippen LogP contribution is -2.13. The number of rotatable bonds is 5. The van der Waals surface area contributed by atoms with Gasteiger partial charge in [-0.1, -0.05) is 30.3 Å². The lowest BCUT2D eigenvalue weighted by Gasteiger charge is -2.04. The van der Waals surface area contributed by atoms with E-state index in [2.05, 4.69) is 15.5 Å². The molecule has 0 saturated carbocycles. The second-order valence-electron chi connectivity index (χ2n) is 4.90. The van der Waals surface area contributed by atoms with Crippen molar-refractivity contribution in [3.05, 3.63) is 66.3 Å². The average molecular weight is 311 g/mol. The molecule has 23 heavy (non-hydrogen) atoms. The predicted octanol–water partition coefficient (Wildman–Crippen LogP) is 3.45. The number of carbonyl (C=O) groups excluding carboxylic acids is 1. The zero-order valence-electron chi connectivity index (χ0n) is 12.2. The van der Waals surface area contributed by atoms with E-state index >= 15 is 0 Å². The molecule has 0 aliphatic carbocycles. The van der Waals surface area contributed by atoms with Gasteiger partial charge in [-0.3, -0.25) is 4.79 Å². The monoisotopic (exact) mass is 311 g/mol. The SMILES string of the molecule is O=C(CCc1nnc(-c2ccccc2)o1)Nc1ccccc1F. The molecule has 0 unspecified atom stereocenters. The van der Waals surface area contributed by atoms with Crippen LogP contribution < -0.4 is 5.32 Å². The van der Waals surface area contributed by atoms with E-state index in [1.54, 1.807) is 12.1 Å². The van der Waals surface area contributed by atoms with E-state index in [0.717, 1.165) is 5.56 Å². The Bertz CT molecular complexity index is 802. The van der Waals surface area contributed by atoms with Crippen LogP contribution in [0.15, 0.2) is 59.0 Å². The first-order valence-corrected chi connectivity index (χ1v) is 7.14. The molecule has 3 aromatic rings. The van der Waals surface area contributed by atoms with E-state index in [4.69, 9.17) is 4.42 Å². The van der Waals surface area contributed by atoms with Gasteiger partial charge in [0, 0.05) is 18.4 Å². The van der Waals surface area contributed by atoms with Crippen molar-refractivity contribution >= 4 is 11.6 Å². The standard InChI is InChI=1S/C17H14FN3O2/c18-13-8-4-5-9-14(13)19-15(22)10-11-16-20-21-17(23-16)12-6-2-1-3-7-12/h1-9H,10-11H2,(H,19,22). The van der Waals surface area contributed by atoms with E-state index in [9.17, 15) is 9.18 Å². The van der Waals surface area contributed by atoms with E-state index in [-0.39, 0.29) is 18.0 Å². The van der Waals surface area contributed by atoms with Crippen molar-refractivity contribution in [1.82, 2.24) is 10.2 Å². The molecule has 0 atom stereocenters. The lowest BCUT2D eigenvalue weighted by molar-refractivity contribution is -0.116. The van der Waals surface area contributed by atoms with Gasteiger partial charge in [0.1, 0.15) is 5.82 Å². The first-order valence-electron chi connectivity index (χ1n) is 7.14. The van der Waals surface area contributed by atoms with E-state index in [1.165, 1.54) is 12.1 Å². The van der Waals surface area contributed by atoms with Crippen LogP contribution in [0.5, 0.6) is 0 Å². The third-order valence-electron chi connectivity index (χ3n) is 3.20. The van der Waals surface area contributed by atoms with Gasteiger partial charge in [0.25, 0.3) is 0 Å². The van der Waals surface area contributed by atoms with Gasteiger partial charge in [-0.05, 0) is 24.3 Å². The third-order valence-corrected chi connectivity index (χ3v) is 3.20. The van der Waals surface area contributed by atoms with Gasteiger partial charge in [0.2, 0.25) is 17.7 Å². The summed E-state index contributed by atoms with van der Waals surface area (Å²) in [7, 11) is 0. The number of amides is 1.